The second-order valence-corrected chi connectivity index (χ2v) is 4.41. The average Bonchev–Trinajstić information content (AvgIpc) is 2.38. The molecule has 0 spiro atoms. The van der Waals surface area contributed by atoms with E-state index in [4.69, 9.17) is 22.1 Å². The molecule has 7 heteroatoms. The number of nitrogens with one attached hydrogen (secondary N) is 1. The third-order valence-electron chi connectivity index (χ3n) is 2.68. The van der Waals surface area contributed by atoms with Crippen molar-refractivity contribution in [2.45, 2.75) is 0 Å². The van der Waals surface area contributed by atoms with Crippen LogP contribution < -0.4 is 15.8 Å². The first kappa shape index (κ1) is 14.0. The molecule has 0 aliphatic heterocycles. The molecule has 2 aromatic carbocycles. The van der Waals surface area contributed by atoms with Gasteiger partial charge in [0.15, 0.2) is 0 Å². The Labute approximate surface area is 120 Å². The zero-order chi connectivity index (χ0) is 14.7. The number of ether oxygens (including phenoxy) is 1. The molecule has 0 saturated carbocycles. The quantitative estimate of drug-likeness (QED) is 0.511. The molecule has 0 bridgehead atoms. The number of hydrogen-bond donors (Lipinski definition) is 2. The van der Waals surface area contributed by atoms with Crippen molar-refractivity contribution in [2.75, 3.05) is 18.2 Å². The molecular weight excluding hydrogens is 282 g/mol. The fraction of sp³-hybridized carbons (Fsp3) is 0.0769. The SMILES string of the molecule is COc1ccc(Cl)cc1Nc1cccc(N)c1[N+](=O)[O-]. The van der Waals surface area contributed by atoms with Crippen molar-refractivity contribution in [2.24, 2.45) is 0 Å². The van der Waals surface area contributed by atoms with E-state index in [9.17, 15) is 10.1 Å². The van der Waals surface area contributed by atoms with Crippen molar-refractivity contribution >= 4 is 34.4 Å². The van der Waals surface area contributed by atoms with Crippen LogP contribution >= 0.6 is 11.6 Å². The Kier molecular flexibility index (Phi) is 3.95. The van der Waals surface area contributed by atoms with Gasteiger partial charge in [-0.2, -0.15) is 0 Å². The molecule has 0 aliphatic carbocycles. The van der Waals surface area contributed by atoms with Crippen molar-refractivity contribution in [3.63, 3.8) is 0 Å². The summed E-state index contributed by atoms with van der Waals surface area (Å²) in [6.07, 6.45) is 0. The number of nitro groups is 1. The molecular formula is C13H12ClN3O3. The highest BCUT2D eigenvalue weighted by molar-refractivity contribution is 6.31. The first-order chi connectivity index (χ1) is 9.52. The topological polar surface area (TPSA) is 90.4 Å². The molecule has 0 atom stereocenters. The van der Waals surface area contributed by atoms with Gasteiger partial charge in [-0.3, -0.25) is 10.1 Å². The van der Waals surface area contributed by atoms with Crippen LogP contribution in [0.3, 0.4) is 0 Å². The summed E-state index contributed by atoms with van der Waals surface area (Å²) in [5.41, 5.74) is 6.33. The minimum atomic E-state index is -0.533. The largest absolute Gasteiger partial charge is 0.495 e. The van der Waals surface area contributed by atoms with E-state index in [-0.39, 0.29) is 17.1 Å². The molecule has 0 unspecified atom stereocenters. The van der Waals surface area contributed by atoms with Crippen LogP contribution in [-0.2, 0) is 0 Å². The summed E-state index contributed by atoms with van der Waals surface area (Å²) < 4.78 is 5.18. The third-order valence-corrected chi connectivity index (χ3v) is 2.92. The maximum absolute atomic E-state index is 11.1. The molecule has 0 aromatic heterocycles. The fourth-order valence-electron chi connectivity index (χ4n) is 1.79. The van der Waals surface area contributed by atoms with Gasteiger partial charge in [0.05, 0.1) is 17.7 Å². The van der Waals surface area contributed by atoms with Crippen LogP contribution in [0.2, 0.25) is 5.02 Å². The average molecular weight is 294 g/mol. The highest BCUT2D eigenvalue weighted by Gasteiger charge is 2.18. The Bertz CT molecular complexity index is 661. The van der Waals surface area contributed by atoms with Gasteiger partial charge in [0, 0.05) is 5.02 Å². The number of benzene rings is 2. The number of methoxy groups -OCH3 is 1. The van der Waals surface area contributed by atoms with Crippen LogP contribution in [0, 0.1) is 10.1 Å². The van der Waals surface area contributed by atoms with Crippen LogP contribution in [-0.4, -0.2) is 12.0 Å². The van der Waals surface area contributed by atoms with Gasteiger partial charge in [-0.15, -0.1) is 0 Å². The lowest BCUT2D eigenvalue weighted by molar-refractivity contribution is -0.383. The Hall–Kier alpha value is -2.47. The smallest absolute Gasteiger partial charge is 0.315 e. The Morgan fingerprint density at radius 1 is 1.30 bits per heavy atom. The second kappa shape index (κ2) is 5.66. The summed E-state index contributed by atoms with van der Waals surface area (Å²) >= 11 is 5.92. The Morgan fingerprint density at radius 2 is 2.05 bits per heavy atom. The predicted molar refractivity (Wildman–Crippen MR) is 78.8 cm³/mol. The molecule has 20 heavy (non-hydrogen) atoms. The highest BCUT2D eigenvalue weighted by Crippen LogP contribution is 2.36. The number of nitrogen functional groups attached to an aromatic ring is 1. The van der Waals surface area contributed by atoms with Crippen LogP contribution in [0.4, 0.5) is 22.7 Å². The second-order valence-electron chi connectivity index (χ2n) is 3.97. The van der Waals surface area contributed by atoms with Gasteiger partial charge in [0.2, 0.25) is 0 Å². The highest BCUT2D eigenvalue weighted by atomic mass is 35.5. The normalized spacial score (nSPS) is 10.1. The first-order valence-corrected chi connectivity index (χ1v) is 6.04. The molecule has 0 amide bonds. The van der Waals surface area contributed by atoms with Crippen molar-refractivity contribution in [3.05, 3.63) is 51.5 Å². The maximum Gasteiger partial charge on any atom is 0.315 e. The molecule has 2 rings (SSSR count). The lowest BCUT2D eigenvalue weighted by Gasteiger charge is -2.12. The van der Waals surface area contributed by atoms with E-state index in [0.29, 0.717) is 16.5 Å². The fourth-order valence-corrected chi connectivity index (χ4v) is 1.96. The summed E-state index contributed by atoms with van der Waals surface area (Å²) in [5, 5.41) is 14.5. The molecule has 0 heterocycles. The predicted octanol–water partition coefficient (Wildman–Crippen LogP) is 3.58. The Morgan fingerprint density at radius 3 is 2.70 bits per heavy atom. The van der Waals surface area contributed by atoms with Gasteiger partial charge in [0.1, 0.15) is 17.1 Å². The van der Waals surface area contributed by atoms with Gasteiger partial charge in [-0.05, 0) is 30.3 Å². The summed E-state index contributed by atoms with van der Waals surface area (Å²) in [6, 6.07) is 9.62. The van der Waals surface area contributed by atoms with E-state index in [1.165, 1.54) is 13.2 Å². The molecule has 0 radical (unpaired) electrons. The molecule has 6 nitrogen and oxygen atoms in total. The van der Waals surface area contributed by atoms with Crippen molar-refractivity contribution in [3.8, 4) is 5.75 Å². The molecule has 0 saturated heterocycles. The molecule has 0 fully saturated rings. The van der Waals surface area contributed by atoms with Gasteiger partial charge in [0.25, 0.3) is 0 Å². The monoisotopic (exact) mass is 293 g/mol. The number of nitrogens with two attached hydrogens (primary N) is 1. The van der Waals surface area contributed by atoms with Gasteiger partial charge < -0.3 is 15.8 Å². The number of rotatable bonds is 4. The van der Waals surface area contributed by atoms with Crippen LogP contribution in [0.15, 0.2) is 36.4 Å². The zero-order valence-electron chi connectivity index (χ0n) is 10.6. The van der Waals surface area contributed by atoms with E-state index in [1.54, 1.807) is 30.3 Å². The minimum absolute atomic E-state index is 0.0843. The molecule has 104 valence electrons. The summed E-state index contributed by atoms with van der Waals surface area (Å²) in [5.74, 6) is 0.520. The van der Waals surface area contributed by atoms with Crippen LogP contribution in [0.1, 0.15) is 0 Å². The number of halogens is 1. The van der Waals surface area contributed by atoms with Gasteiger partial charge in [-0.1, -0.05) is 17.7 Å². The standard InChI is InChI=1S/C13H12ClN3O3/c1-20-12-6-5-8(14)7-11(12)16-10-4-2-3-9(15)13(10)17(18)19/h2-7,16H,15H2,1H3. The third kappa shape index (κ3) is 2.75. The zero-order valence-corrected chi connectivity index (χ0v) is 11.3. The Balaban J connectivity index is 2.48. The molecule has 0 aliphatic rings. The van der Waals surface area contributed by atoms with Crippen molar-refractivity contribution < 1.29 is 9.66 Å². The van der Waals surface area contributed by atoms with Crippen LogP contribution in [0.25, 0.3) is 0 Å². The van der Waals surface area contributed by atoms with Crippen molar-refractivity contribution in [1.82, 2.24) is 0 Å². The van der Waals surface area contributed by atoms with Gasteiger partial charge in [-0.25, -0.2) is 0 Å². The summed E-state index contributed by atoms with van der Waals surface area (Å²) in [4.78, 5) is 10.5. The maximum atomic E-state index is 11.1. The lowest BCUT2D eigenvalue weighted by Crippen LogP contribution is -2.01. The first-order valence-electron chi connectivity index (χ1n) is 5.66. The summed E-state index contributed by atoms with van der Waals surface area (Å²) in [7, 11) is 1.50. The molecule has 2 aromatic rings. The van der Waals surface area contributed by atoms with E-state index in [2.05, 4.69) is 5.32 Å². The van der Waals surface area contributed by atoms with E-state index < -0.39 is 4.92 Å². The van der Waals surface area contributed by atoms with Crippen LogP contribution in [0.5, 0.6) is 5.75 Å². The number of anilines is 3. The minimum Gasteiger partial charge on any atom is -0.495 e. The van der Waals surface area contributed by atoms with E-state index in [0.717, 1.165) is 0 Å². The summed E-state index contributed by atoms with van der Waals surface area (Å²) in [6.45, 7) is 0. The number of nitrogens with zero attached hydrogens (tertiary/aromatic N) is 1. The molecule has 3 N–H and O–H groups in total. The number of nitro benzene ring substituents is 1. The van der Waals surface area contributed by atoms with Gasteiger partial charge >= 0.3 is 5.69 Å². The van der Waals surface area contributed by atoms with E-state index >= 15 is 0 Å². The van der Waals surface area contributed by atoms with E-state index in [1.807, 2.05) is 0 Å². The number of hydrogen-bond acceptors (Lipinski definition) is 5. The lowest BCUT2D eigenvalue weighted by atomic mass is 10.2. The number of para-hydroxylation sites is 1. The van der Waals surface area contributed by atoms with Crippen molar-refractivity contribution in [1.29, 1.82) is 0 Å².